The molecule has 0 aromatic heterocycles. The summed E-state index contributed by atoms with van der Waals surface area (Å²) in [4.78, 5) is 12.9. The maximum atomic E-state index is 12.9. The van der Waals surface area contributed by atoms with E-state index in [1.54, 1.807) is 6.21 Å². The fourth-order valence-electron chi connectivity index (χ4n) is 4.17. The number of rotatable bonds is 6. The highest BCUT2D eigenvalue weighted by atomic mass is 16.2. The maximum Gasteiger partial charge on any atom is 0.244 e. The standard InChI is InChI=1S/C27H26N2O/c1-20-9-6-14-23(17-20)27(24-15-7-10-21(2)18-24)19-25(27)26(30)29-28-16-8-13-22-11-4-3-5-12-22/h3-18,25H,19H2,1-2H3,(H,29,30)/b13-8+,28-16?/t25-/m1/s1. The second-order valence-corrected chi connectivity index (χ2v) is 7.99. The third-order valence-electron chi connectivity index (χ3n) is 5.77. The summed E-state index contributed by atoms with van der Waals surface area (Å²) in [6, 6.07) is 27.0. The first-order valence-corrected chi connectivity index (χ1v) is 10.3. The van der Waals surface area contributed by atoms with Crippen LogP contribution in [0.3, 0.4) is 0 Å². The summed E-state index contributed by atoms with van der Waals surface area (Å²) in [5.74, 6) is -0.168. The van der Waals surface area contributed by atoms with Gasteiger partial charge in [-0.15, -0.1) is 0 Å². The molecule has 3 heteroatoms. The Hall–Kier alpha value is -3.46. The highest BCUT2D eigenvalue weighted by Gasteiger charge is 2.60. The van der Waals surface area contributed by atoms with Gasteiger partial charge in [-0.3, -0.25) is 4.79 Å². The van der Waals surface area contributed by atoms with Crippen molar-refractivity contribution in [2.45, 2.75) is 25.7 Å². The van der Waals surface area contributed by atoms with Crippen LogP contribution in [0.2, 0.25) is 0 Å². The van der Waals surface area contributed by atoms with Crippen molar-refractivity contribution in [1.29, 1.82) is 0 Å². The van der Waals surface area contributed by atoms with Crippen LogP contribution in [0, 0.1) is 19.8 Å². The van der Waals surface area contributed by atoms with Crippen LogP contribution in [0.1, 0.15) is 34.2 Å². The van der Waals surface area contributed by atoms with E-state index in [0.29, 0.717) is 0 Å². The van der Waals surface area contributed by atoms with Gasteiger partial charge in [-0.1, -0.05) is 96.1 Å². The monoisotopic (exact) mass is 394 g/mol. The van der Waals surface area contributed by atoms with Crippen LogP contribution < -0.4 is 5.43 Å². The Morgan fingerprint density at radius 3 is 2.17 bits per heavy atom. The smallest absolute Gasteiger partial charge is 0.244 e. The minimum absolute atomic E-state index is 0.0395. The first-order valence-electron chi connectivity index (χ1n) is 10.3. The normalized spacial score (nSPS) is 17.3. The SMILES string of the molecule is Cc1cccc(C2(c3cccc(C)c3)C[C@@H]2C(=O)NN=C/C=C/c2ccccc2)c1. The van der Waals surface area contributed by atoms with Crippen molar-refractivity contribution in [3.63, 3.8) is 0 Å². The Morgan fingerprint density at radius 2 is 1.57 bits per heavy atom. The molecule has 1 fully saturated rings. The highest BCUT2D eigenvalue weighted by molar-refractivity contribution is 5.87. The molecule has 0 unspecified atom stereocenters. The Morgan fingerprint density at radius 1 is 0.933 bits per heavy atom. The zero-order valence-electron chi connectivity index (χ0n) is 17.4. The maximum absolute atomic E-state index is 12.9. The molecule has 4 rings (SSSR count). The summed E-state index contributed by atoms with van der Waals surface area (Å²) in [7, 11) is 0. The van der Waals surface area contributed by atoms with E-state index in [4.69, 9.17) is 0 Å². The van der Waals surface area contributed by atoms with Gasteiger partial charge >= 0.3 is 0 Å². The molecule has 150 valence electrons. The number of nitrogens with zero attached hydrogens (tertiary/aromatic N) is 1. The van der Waals surface area contributed by atoms with Crippen molar-refractivity contribution < 1.29 is 4.79 Å². The van der Waals surface area contributed by atoms with Crippen LogP contribution >= 0.6 is 0 Å². The third-order valence-corrected chi connectivity index (χ3v) is 5.77. The molecule has 0 saturated heterocycles. The van der Waals surface area contributed by atoms with Crippen molar-refractivity contribution >= 4 is 18.2 Å². The third kappa shape index (κ3) is 4.11. The molecule has 0 radical (unpaired) electrons. The van der Waals surface area contributed by atoms with Gasteiger partial charge in [0.25, 0.3) is 0 Å². The second kappa shape index (κ2) is 8.50. The van der Waals surface area contributed by atoms with E-state index >= 15 is 0 Å². The van der Waals surface area contributed by atoms with E-state index in [1.807, 2.05) is 42.5 Å². The molecule has 1 N–H and O–H groups in total. The molecule has 0 heterocycles. The van der Waals surface area contributed by atoms with Gasteiger partial charge in [0.05, 0.1) is 5.92 Å². The van der Waals surface area contributed by atoms with Gasteiger partial charge in [-0.25, -0.2) is 5.43 Å². The Bertz CT molecular complexity index is 1050. The molecule has 30 heavy (non-hydrogen) atoms. The van der Waals surface area contributed by atoms with Crippen LogP contribution in [0.5, 0.6) is 0 Å². The molecule has 1 aliphatic carbocycles. The van der Waals surface area contributed by atoms with Gasteiger partial charge in [0.15, 0.2) is 0 Å². The van der Waals surface area contributed by atoms with Gasteiger partial charge in [-0.2, -0.15) is 5.10 Å². The zero-order valence-corrected chi connectivity index (χ0v) is 17.4. The molecule has 1 atom stereocenters. The van der Waals surface area contributed by atoms with E-state index in [-0.39, 0.29) is 17.2 Å². The summed E-state index contributed by atoms with van der Waals surface area (Å²) in [6.45, 7) is 4.18. The van der Waals surface area contributed by atoms with Crippen LogP contribution in [-0.2, 0) is 10.2 Å². The number of aryl methyl sites for hydroxylation is 2. The lowest BCUT2D eigenvalue weighted by Crippen LogP contribution is -2.25. The molecule has 1 saturated carbocycles. The lowest BCUT2D eigenvalue weighted by atomic mass is 9.84. The van der Waals surface area contributed by atoms with Crippen molar-refractivity contribution in [3.8, 4) is 0 Å². The predicted molar refractivity (Wildman–Crippen MR) is 123 cm³/mol. The van der Waals surface area contributed by atoms with Gasteiger partial charge in [0, 0.05) is 11.6 Å². The fraction of sp³-hybridized carbons (Fsp3) is 0.185. The molecular weight excluding hydrogens is 368 g/mol. The minimum Gasteiger partial charge on any atom is -0.273 e. The molecule has 1 amide bonds. The molecule has 3 nitrogen and oxygen atoms in total. The fourth-order valence-corrected chi connectivity index (χ4v) is 4.17. The number of nitrogens with one attached hydrogen (secondary N) is 1. The van der Waals surface area contributed by atoms with Gasteiger partial charge in [0.1, 0.15) is 0 Å². The molecule has 1 aliphatic rings. The molecule has 0 spiro atoms. The topological polar surface area (TPSA) is 41.5 Å². The molecule has 0 bridgehead atoms. The Kier molecular flexibility index (Phi) is 5.62. The molecule has 0 aliphatic heterocycles. The number of amides is 1. The van der Waals surface area contributed by atoms with Crippen molar-refractivity contribution in [3.05, 3.63) is 113 Å². The zero-order chi connectivity index (χ0) is 21.0. The lowest BCUT2D eigenvalue weighted by molar-refractivity contribution is -0.122. The van der Waals surface area contributed by atoms with E-state index in [2.05, 4.69) is 72.9 Å². The molecule has 3 aromatic rings. The summed E-state index contributed by atoms with van der Waals surface area (Å²) < 4.78 is 0. The summed E-state index contributed by atoms with van der Waals surface area (Å²) in [5.41, 5.74) is 8.34. The number of hydrazone groups is 1. The van der Waals surface area contributed by atoms with E-state index in [0.717, 1.165) is 12.0 Å². The van der Waals surface area contributed by atoms with E-state index in [9.17, 15) is 4.79 Å². The Balaban J connectivity index is 1.51. The highest BCUT2D eigenvalue weighted by Crippen LogP contribution is 2.59. The summed E-state index contributed by atoms with van der Waals surface area (Å²) >= 11 is 0. The number of hydrogen-bond acceptors (Lipinski definition) is 2. The summed E-state index contributed by atoms with van der Waals surface area (Å²) in [6.07, 6.45) is 6.20. The molecule has 3 aromatic carbocycles. The summed E-state index contributed by atoms with van der Waals surface area (Å²) in [5, 5.41) is 4.12. The average molecular weight is 395 g/mol. The number of benzene rings is 3. The van der Waals surface area contributed by atoms with Crippen molar-refractivity contribution in [1.82, 2.24) is 5.43 Å². The van der Waals surface area contributed by atoms with Crippen LogP contribution in [0.15, 0.2) is 90.0 Å². The van der Waals surface area contributed by atoms with Crippen molar-refractivity contribution in [2.75, 3.05) is 0 Å². The first kappa shape index (κ1) is 19.8. The van der Waals surface area contributed by atoms with E-state index < -0.39 is 0 Å². The lowest BCUT2D eigenvalue weighted by Gasteiger charge is -2.19. The number of carbonyl (C=O) groups excluding carboxylic acids is 1. The van der Waals surface area contributed by atoms with Gasteiger partial charge in [-0.05, 0) is 43.0 Å². The molecular formula is C27H26N2O. The van der Waals surface area contributed by atoms with Crippen molar-refractivity contribution in [2.24, 2.45) is 11.0 Å². The Labute approximate surface area is 178 Å². The number of carbonyl (C=O) groups is 1. The number of allylic oxidation sites excluding steroid dienone is 1. The van der Waals surface area contributed by atoms with Gasteiger partial charge < -0.3 is 0 Å². The average Bonchev–Trinajstić information content (AvgIpc) is 3.51. The van der Waals surface area contributed by atoms with Crippen LogP contribution in [-0.4, -0.2) is 12.1 Å². The second-order valence-electron chi connectivity index (χ2n) is 7.99. The largest absolute Gasteiger partial charge is 0.273 e. The minimum atomic E-state index is -0.280. The predicted octanol–water partition coefficient (Wildman–Crippen LogP) is 5.42. The number of hydrogen-bond donors (Lipinski definition) is 1. The van der Waals surface area contributed by atoms with Crippen LogP contribution in [0.25, 0.3) is 6.08 Å². The first-order chi connectivity index (χ1) is 14.6. The van der Waals surface area contributed by atoms with Gasteiger partial charge in [0.2, 0.25) is 5.91 Å². The quantitative estimate of drug-likeness (QED) is 0.440. The van der Waals surface area contributed by atoms with E-state index in [1.165, 1.54) is 22.3 Å². The van der Waals surface area contributed by atoms with Crippen LogP contribution in [0.4, 0.5) is 0 Å².